The summed E-state index contributed by atoms with van der Waals surface area (Å²) in [5.41, 5.74) is 0. The van der Waals surface area contributed by atoms with E-state index in [9.17, 15) is 4.21 Å². The summed E-state index contributed by atoms with van der Waals surface area (Å²) in [6, 6.07) is 0.706. The molecular formula is C12H24N2OS. The fraction of sp³-hybridized carbons (Fsp3) is 1.00. The standard InChI is InChI=1S/C12H24N2OS/c1-2-16(15)9-8-14-7-3-6-13-12(10-14)11-4-5-11/h11-13H,2-10H2,1H3. The number of nitrogens with one attached hydrogen (secondary N) is 1. The predicted molar refractivity (Wildman–Crippen MR) is 69.1 cm³/mol. The van der Waals surface area contributed by atoms with Crippen LogP contribution >= 0.6 is 0 Å². The summed E-state index contributed by atoms with van der Waals surface area (Å²) in [5.74, 6) is 2.59. The molecular weight excluding hydrogens is 220 g/mol. The number of rotatable bonds is 5. The van der Waals surface area contributed by atoms with E-state index in [1.807, 2.05) is 6.92 Å². The largest absolute Gasteiger partial charge is 0.312 e. The van der Waals surface area contributed by atoms with Crippen molar-refractivity contribution >= 4 is 10.8 Å². The first-order valence-electron chi connectivity index (χ1n) is 6.60. The number of hydrogen-bond donors (Lipinski definition) is 1. The van der Waals surface area contributed by atoms with Gasteiger partial charge >= 0.3 is 0 Å². The molecule has 1 aliphatic heterocycles. The maximum atomic E-state index is 11.4. The van der Waals surface area contributed by atoms with Crippen molar-refractivity contribution in [3.05, 3.63) is 0 Å². The van der Waals surface area contributed by atoms with Gasteiger partial charge in [-0.05, 0) is 38.3 Å². The third kappa shape index (κ3) is 3.82. The van der Waals surface area contributed by atoms with Crippen LogP contribution in [0.4, 0.5) is 0 Å². The molecule has 4 heteroatoms. The molecule has 1 N–H and O–H groups in total. The van der Waals surface area contributed by atoms with Crippen LogP contribution in [0.1, 0.15) is 26.2 Å². The first-order chi connectivity index (χ1) is 7.79. The lowest BCUT2D eigenvalue weighted by Crippen LogP contribution is -2.40. The second-order valence-electron chi connectivity index (χ2n) is 4.98. The van der Waals surface area contributed by atoms with Crippen molar-refractivity contribution in [3.8, 4) is 0 Å². The summed E-state index contributed by atoms with van der Waals surface area (Å²) in [7, 11) is -0.603. The summed E-state index contributed by atoms with van der Waals surface area (Å²) < 4.78 is 11.4. The maximum Gasteiger partial charge on any atom is 0.0362 e. The lowest BCUT2D eigenvalue weighted by Gasteiger charge is -2.23. The van der Waals surface area contributed by atoms with E-state index in [1.54, 1.807) is 0 Å². The van der Waals surface area contributed by atoms with Gasteiger partial charge in [-0.3, -0.25) is 4.21 Å². The molecule has 1 heterocycles. The molecule has 16 heavy (non-hydrogen) atoms. The second-order valence-corrected chi connectivity index (χ2v) is 6.85. The van der Waals surface area contributed by atoms with Crippen molar-refractivity contribution in [1.82, 2.24) is 10.2 Å². The molecule has 0 aromatic heterocycles. The van der Waals surface area contributed by atoms with Gasteiger partial charge in [0.2, 0.25) is 0 Å². The molecule has 0 radical (unpaired) electrons. The third-order valence-corrected chi connectivity index (χ3v) is 4.94. The summed E-state index contributed by atoms with van der Waals surface area (Å²) in [6.07, 6.45) is 4.06. The molecule has 0 bridgehead atoms. The Morgan fingerprint density at radius 3 is 2.94 bits per heavy atom. The number of nitrogens with zero attached hydrogens (tertiary/aromatic N) is 1. The Bertz CT molecular complexity index is 243. The first-order valence-corrected chi connectivity index (χ1v) is 8.09. The van der Waals surface area contributed by atoms with E-state index in [-0.39, 0.29) is 0 Å². The smallest absolute Gasteiger partial charge is 0.0362 e. The van der Waals surface area contributed by atoms with Gasteiger partial charge in [0.15, 0.2) is 0 Å². The molecule has 94 valence electrons. The van der Waals surface area contributed by atoms with Crippen LogP contribution in [-0.2, 0) is 10.8 Å². The lowest BCUT2D eigenvalue weighted by atomic mass is 10.2. The summed E-state index contributed by atoms with van der Waals surface area (Å²) in [4.78, 5) is 2.51. The molecule has 0 spiro atoms. The van der Waals surface area contributed by atoms with Crippen LogP contribution < -0.4 is 5.32 Å². The quantitative estimate of drug-likeness (QED) is 0.777. The first kappa shape index (κ1) is 12.5. The molecule has 0 amide bonds. The van der Waals surface area contributed by atoms with Gasteiger partial charge in [-0.1, -0.05) is 6.92 Å². The predicted octanol–water partition coefficient (Wildman–Crippen LogP) is 0.829. The fourth-order valence-corrected chi connectivity index (χ4v) is 3.17. The molecule has 2 atom stereocenters. The van der Waals surface area contributed by atoms with E-state index in [0.29, 0.717) is 6.04 Å². The van der Waals surface area contributed by atoms with Crippen LogP contribution in [0.25, 0.3) is 0 Å². The zero-order valence-electron chi connectivity index (χ0n) is 10.3. The monoisotopic (exact) mass is 244 g/mol. The zero-order valence-corrected chi connectivity index (χ0v) is 11.1. The van der Waals surface area contributed by atoms with Gasteiger partial charge < -0.3 is 10.2 Å². The SMILES string of the molecule is CCS(=O)CCN1CCCNC(C2CC2)C1. The number of hydrogen-bond acceptors (Lipinski definition) is 3. The highest BCUT2D eigenvalue weighted by atomic mass is 32.2. The van der Waals surface area contributed by atoms with Crippen LogP contribution in [0.3, 0.4) is 0 Å². The van der Waals surface area contributed by atoms with Crippen molar-refractivity contribution in [2.75, 3.05) is 37.7 Å². The van der Waals surface area contributed by atoms with Crippen molar-refractivity contribution in [3.63, 3.8) is 0 Å². The summed E-state index contributed by atoms with van der Waals surface area (Å²) in [5, 5.41) is 3.66. The van der Waals surface area contributed by atoms with Crippen molar-refractivity contribution in [2.45, 2.75) is 32.2 Å². The normalized spacial score (nSPS) is 29.9. The van der Waals surface area contributed by atoms with Gasteiger partial charge in [0.05, 0.1) is 0 Å². The average Bonchev–Trinajstić information content (AvgIpc) is 3.11. The van der Waals surface area contributed by atoms with Gasteiger partial charge in [0, 0.05) is 41.4 Å². The Morgan fingerprint density at radius 1 is 1.44 bits per heavy atom. The Hall–Kier alpha value is 0.0700. The van der Waals surface area contributed by atoms with Gasteiger partial charge in [-0.2, -0.15) is 0 Å². The minimum atomic E-state index is -0.603. The van der Waals surface area contributed by atoms with Crippen LogP contribution in [-0.4, -0.2) is 52.8 Å². The van der Waals surface area contributed by atoms with Crippen molar-refractivity contribution in [2.24, 2.45) is 5.92 Å². The average molecular weight is 244 g/mol. The van der Waals surface area contributed by atoms with E-state index >= 15 is 0 Å². The Kier molecular flexibility index (Phi) is 4.79. The van der Waals surface area contributed by atoms with Crippen LogP contribution in [0.2, 0.25) is 0 Å². The second kappa shape index (κ2) is 6.12. The molecule has 2 aliphatic rings. The molecule has 0 aromatic rings. The van der Waals surface area contributed by atoms with E-state index in [2.05, 4.69) is 10.2 Å². The highest BCUT2D eigenvalue weighted by Crippen LogP contribution is 2.33. The van der Waals surface area contributed by atoms with Gasteiger partial charge in [0.1, 0.15) is 0 Å². The molecule has 1 saturated carbocycles. The Labute approximate surface area is 101 Å². The van der Waals surface area contributed by atoms with Gasteiger partial charge in [-0.25, -0.2) is 0 Å². The minimum absolute atomic E-state index is 0.603. The van der Waals surface area contributed by atoms with E-state index in [0.717, 1.165) is 30.5 Å². The zero-order chi connectivity index (χ0) is 11.4. The van der Waals surface area contributed by atoms with Crippen molar-refractivity contribution < 1.29 is 4.21 Å². The van der Waals surface area contributed by atoms with Gasteiger partial charge in [-0.15, -0.1) is 0 Å². The van der Waals surface area contributed by atoms with E-state index in [1.165, 1.54) is 32.4 Å². The molecule has 0 aromatic carbocycles. The Balaban J connectivity index is 1.76. The van der Waals surface area contributed by atoms with E-state index < -0.39 is 10.8 Å². The van der Waals surface area contributed by atoms with E-state index in [4.69, 9.17) is 0 Å². The molecule has 3 nitrogen and oxygen atoms in total. The lowest BCUT2D eigenvalue weighted by molar-refractivity contribution is 0.272. The maximum absolute atomic E-state index is 11.4. The molecule has 1 aliphatic carbocycles. The highest BCUT2D eigenvalue weighted by molar-refractivity contribution is 7.84. The van der Waals surface area contributed by atoms with Crippen LogP contribution in [0, 0.1) is 5.92 Å². The van der Waals surface area contributed by atoms with Crippen LogP contribution in [0.15, 0.2) is 0 Å². The fourth-order valence-electron chi connectivity index (χ4n) is 2.42. The summed E-state index contributed by atoms with van der Waals surface area (Å²) in [6.45, 7) is 6.54. The molecule has 2 unspecified atom stereocenters. The van der Waals surface area contributed by atoms with Gasteiger partial charge in [0.25, 0.3) is 0 Å². The molecule has 1 saturated heterocycles. The third-order valence-electron chi connectivity index (χ3n) is 3.66. The minimum Gasteiger partial charge on any atom is -0.312 e. The Morgan fingerprint density at radius 2 is 2.25 bits per heavy atom. The summed E-state index contributed by atoms with van der Waals surface area (Å²) >= 11 is 0. The highest BCUT2D eigenvalue weighted by Gasteiger charge is 2.32. The molecule has 2 fully saturated rings. The van der Waals surface area contributed by atoms with Crippen LogP contribution in [0.5, 0.6) is 0 Å². The van der Waals surface area contributed by atoms with Crippen molar-refractivity contribution in [1.29, 1.82) is 0 Å². The topological polar surface area (TPSA) is 32.3 Å². The molecule has 2 rings (SSSR count).